The summed E-state index contributed by atoms with van der Waals surface area (Å²) in [7, 11) is 0. The molecule has 0 spiro atoms. The highest BCUT2D eigenvalue weighted by Gasteiger charge is 2.41. The lowest BCUT2D eigenvalue weighted by molar-refractivity contribution is -0.177. The topological polar surface area (TPSA) is 95.3 Å². The molecule has 0 bridgehead atoms. The Hall–Kier alpha value is -1.26. The first-order valence-electron chi connectivity index (χ1n) is 5.38. The zero-order valence-corrected chi connectivity index (χ0v) is 9.70. The van der Waals surface area contributed by atoms with Gasteiger partial charge in [-0.05, 0) is 23.3 Å². The molecule has 1 heterocycles. The normalized spacial score (nSPS) is 38.8. The van der Waals surface area contributed by atoms with E-state index in [4.69, 9.17) is 15.4 Å². The van der Waals surface area contributed by atoms with Crippen LogP contribution in [0.15, 0.2) is 5.11 Å². The van der Waals surface area contributed by atoms with Crippen molar-refractivity contribution in [2.24, 2.45) is 22.9 Å². The molecule has 1 rings (SSSR count). The fourth-order valence-electron chi connectivity index (χ4n) is 2.14. The third kappa shape index (κ3) is 2.46. The molecule has 16 heavy (non-hydrogen) atoms. The van der Waals surface area contributed by atoms with Crippen molar-refractivity contribution < 1.29 is 14.6 Å². The molecule has 1 fully saturated rings. The predicted molar refractivity (Wildman–Crippen MR) is 57.8 cm³/mol. The summed E-state index contributed by atoms with van der Waals surface area (Å²) in [5, 5.41) is 12.5. The number of hydrogen-bond acceptors (Lipinski definition) is 3. The molecule has 1 aliphatic heterocycles. The molecule has 1 saturated heterocycles. The summed E-state index contributed by atoms with van der Waals surface area (Å²) >= 11 is 0. The molecular weight excluding hydrogens is 210 g/mol. The van der Waals surface area contributed by atoms with Crippen molar-refractivity contribution in [2.75, 3.05) is 6.54 Å². The lowest BCUT2D eigenvalue weighted by Crippen LogP contribution is -2.49. The maximum Gasteiger partial charge on any atom is 0.333 e. The van der Waals surface area contributed by atoms with Crippen molar-refractivity contribution in [3.8, 4) is 0 Å². The average Bonchev–Trinajstić information content (AvgIpc) is 2.24. The van der Waals surface area contributed by atoms with Crippen molar-refractivity contribution in [1.29, 1.82) is 0 Å². The molecule has 0 aromatic carbocycles. The number of azide groups is 1. The Labute approximate surface area is 94.2 Å². The Kier molecular flexibility index (Phi) is 4.15. The van der Waals surface area contributed by atoms with Gasteiger partial charge in [0, 0.05) is 4.91 Å². The largest absolute Gasteiger partial charge is 0.479 e. The molecular formula is C10H17N3O3. The first-order chi connectivity index (χ1) is 7.49. The van der Waals surface area contributed by atoms with Gasteiger partial charge >= 0.3 is 5.97 Å². The summed E-state index contributed by atoms with van der Waals surface area (Å²) < 4.78 is 5.48. The second kappa shape index (κ2) is 5.18. The van der Waals surface area contributed by atoms with Crippen molar-refractivity contribution in [3.05, 3.63) is 10.4 Å². The minimum atomic E-state index is -0.947. The summed E-state index contributed by atoms with van der Waals surface area (Å²) in [6, 6.07) is 0. The number of aliphatic carboxylic acids is 1. The minimum Gasteiger partial charge on any atom is -0.479 e. The zero-order chi connectivity index (χ0) is 12.3. The van der Waals surface area contributed by atoms with E-state index in [0.29, 0.717) is 0 Å². The highest BCUT2D eigenvalue weighted by atomic mass is 16.5. The molecule has 0 aromatic rings. The number of carbonyl (C=O) groups is 1. The van der Waals surface area contributed by atoms with Gasteiger partial charge in [-0.25, -0.2) is 4.79 Å². The van der Waals surface area contributed by atoms with E-state index in [1.165, 1.54) is 0 Å². The van der Waals surface area contributed by atoms with Gasteiger partial charge in [-0.2, -0.15) is 0 Å². The first kappa shape index (κ1) is 12.8. The van der Waals surface area contributed by atoms with Crippen LogP contribution in [0.5, 0.6) is 0 Å². The number of nitrogens with zero attached hydrogens (tertiary/aromatic N) is 3. The second-order valence-electron chi connectivity index (χ2n) is 4.42. The van der Waals surface area contributed by atoms with Crippen LogP contribution in [-0.4, -0.2) is 29.8 Å². The molecule has 1 N–H and O–H groups in total. The molecule has 5 atom stereocenters. The quantitative estimate of drug-likeness (QED) is 0.454. The highest BCUT2D eigenvalue weighted by Crippen LogP contribution is 2.35. The molecule has 0 radical (unpaired) electrons. The Morgan fingerprint density at radius 3 is 2.50 bits per heavy atom. The molecule has 0 saturated carbocycles. The van der Waals surface area contributed by atoms with Gasteiger partial charge < -0.3 is 9.84 Å². The van der Waals surface area contributed by atoms with Crippen molar-refractivity contribution in [1.82, 2.24) is 0 Å². The molecule has 0 aliphatic carbocycles. The van der Waals surface area contributed by atoms with Gasteiger partial charge in [0.1, 0.15) is 0 Å². The monoisotopic (exact) mass is 227 g/mol. The van der Waals surface area contributed by atoms with Gasteiger partial charge in [0.05, 0.1) is 12.6 Å². The summed E-state index contributed by atoms with van der Waals surface area (Å²) in [6.07, 6.45) is -1.10. The molecule has 1 aliphatic rings. The molecule has 0 amide bonds. The third-order valence-corrected chi connectivity index (χ3v) is 3.61. The average molecular weight is 227 g/mol. The van der Waals surface area contributed by atoms with Crippen LogP contribution in [0.3, 0.4) is 0 Å². The predicted octanol–water partition coefficient (Wildman–Crippen LogP) is 2.06. The van der Waals surface area contributed by atoms with Crippen LogP contribution in [-0.2, 0) is 9.53 Å². The van der Waals surface area contributed by atoms with E-state index < -0.39 is 12.1 Å². The Morgan fingerprint density at radius 2 is 2.00 bits per heavy atom. The molecule has 6 nitrogen and oxygen atoms in total. The zero-order valence-electron chi connectivity index (χ0n) is 9.70. The van der Waals surface area contributed by atoms with Crippen molar-refractivity contribution in [2.45, 2.75) is 33.0 Å². The number of carboxylic acid groups (broad SMARTS) is 1. The summed E-state index contributed by atoms with van der Waals surface area (Å²) in [5.41, 5.74) is 8.26. The maximum absolute atomic E-state index is 11.0. The lowest BCUT2D eigenvalue weighted by atomic mass is 9.76. The van der Waals surface area contributed by atoms with Crippen LogP contribution in [0.25, 0.3) is 10.4 Å². The number of rotatable bonds is 3. The standard InChI is InChI=1S/C10H17N3O3/c1-5-6(2)8(4-12-13-11)16-9(7(5)3)10(14)15/h5-9H,4H2,1-3H3,(H,14,15)/t5-,6-,7+,8+,9-/m0/s1. The van der Waals surface area contributed by atoms with Gasteiger partial charge in [-0.15, -0.1) is 0 Å². The Bertz CT molecular complexity index is 312. The highest BCUT2D eigenvalue weighted by molar-refractivity contribution is 5.72. The van der Waals surface area contributed by atoms with Crippen LogP contribution >= 0.6 is 0 Å². The Morgan fingerprint density at radius 1 is 1.38 bits per heavy atom. The van der Waals surface area contributed by atoms with Gasteiger partial charge in [0.15, 0.2) is 6.10 Å². The molecule has 0 unspecified atom stereocenters. The number of ether oxygens (including phenoxy) is 1. The van der Waals surface area contributed by atoms with E-state index in [2.05, 4.69) is 10.0 Å². The van der Waals surface area contributed by atoms with Crippen LogP contribution < -0.4 is 0 Å². The van der Waals surface area contributed by atoms with Crippen LogP contribution in [0.1, 0.15) is 20.8 Å². The molecule has 90 valence electrons. The van der Waals surface area contributed by atoms with E-state index in [0.717, 1.165) is 0 Å². The summed E-state index contributed by atoms with van der Waals surface area (Å²) in [5.74, 6) is -0.558. The van der Waals surface area contributed by atoms with Crippen molar-refractivity contribution >= 4 is 5.97 Å². The second-order valence-corrected chi connectivity index (χ2v) is 4.42. The third-order valence-electron chi connectivity index (χ3n) is 3.61. The van der Waals surface area contributed by atoms with Gasteiger partial charge in [-0.1, -0.05) is 25.9 Å². The summed E-state index contributed by atoms with van der Waals surface area (Å²) in [6.45, 7) is 6.08. The van der Waals surface area contributed by atoms with Gasteiger partial charge in [0.2, 0.25) is 0 Å². The van der Waals surface area contributed by atoms with E-state index >= 15 is 0 Å². The fourth-order valence-corrected chi connectivity index (χ4v) is 2.14. The SMILES string of the molecule is C[C@@H]1[C@@H](C)[C@@H](C(=O)O)O[C@H](CN=[N+]=[N-])[C@H]1C. The van der Waals surface area contributed by atoms with Crippen LogP contribution in [0.2, 0.25) is 0 Å². The first-order valence-corrected chi connectivity index (χ1v) is 5.38. The van der Waals surface area contributed by atoms with Gasteiger partial charge in [-0.3, -0.25) is 0 Å². The van der Waals surface area contributed by atoms with E-state index in [1.54, 1.807) is 0 Å². The van der Waals surface area contributed by atoms with E-state index in [1.807, 2.05) is 20.8 Å². The molecule has 0 aromatic heterocycles. The molecule has 6 heteroatoms. The Balaban J connectivity index is 2.80. The lowest BCUT2D eigenvalue weighted by Gasteiger charge is -2.41. The fraction of sp³-hybridized carbons (Fsp3) is 0.900. The number of hydrogen-bond donors (Lipinski definition) is 1. The summed E-state index contributed by atoms with van der Waals surface area (Å²) in [4.78, 5) is 13.7. The van der Waals surface area contributed by atoms with E-state index in [-0.39, 0.29) is 30.4 Å². The number of carboxylic acids is 1. The van der Waals surface area contributed by atoms with Gasteiger partial charge in [0.25, 0.3) is 0 Å². The van der Waals surface area contributed by atoms with Crippen LogP contribution in [0.4, 0.5) is 0 Å². The minimum absolute atomic E-state index is 0.0326. The smallest absolute Gasteiger partial charge is 0.333 e. The van der Waals surface area contributed by atoms with Crippen LogP contribution in [0, 0.1) is 17.8 Å². The van der Waals surface area contributed by atoms with E-state index in [9.17, 15) is 4.79 Å². The van der Waals surface area contributed by atoms with Crippen molar-refractivity contribution in [3.63, 3.8) is 0 Å². The maximum atomic E-state index is 11.0.